The van der Waals surface area contributed by atoms with E-state index in [1.165, 1.54) is 22.5 Å². The van der Waals surface area contributed by atoms with Gasteiger partial charge in [0.05, 0.1) is 22.8 Å². The van der Waals surface area contributed by atoms with Gasteiger partial charge < -0.3 is 9.64 Å². The Morgan fingerprint density at radius 2 is 1.02 bits per heavy atom. The second-order valence-electron chi connectivity index (χ2n) is 14.2. The van der Waals surface area contributed by atoms with Crippen molar-refractivity contribution in [3.05, 3.63) is 168 Å². The molecule has 0 saturated carbocycles. The lowest BCUT2D eigenvalue weighted by Gasteiger charge is -2.42. The van der Waals surface area contributed by atoms with E-state index in [1.54, 1.807) is 12.4 Å². The number of hydrogen-bond donors (Lipinski definition) is 0. The van der Waals surface area contributed by atoms with Gasteiger partial charge in [0.15, 0.2) is 0 Å². The summed E-state index contributed by atoms with van der Waals surface area (Å²) in [6.45, 7) is 9.25. The summed E-state index contributed by atoms with van der Waals surface area (Å²) in [4.78, 5) is 16.2. The van der Waals surface area contributed by atoms with Gasteiger partial charge in [-0.15, -0.1) is 0 Å². The van der Waals surface area contributed by atoms with E-state index in [1.807, 2.05) is 36.7 Å². The van der Waals surface area contributed by atoms with Crippen molar-refractivity contribution in [1.29, 1.82) is 0 Å². The highest BCUT2D eigenvalue weighted by Crippen LogP contribution is 2.54. The molecule has 0 N–H and O–H groups in total. The Hall–Kier alpha value is -6.07. The molecule has 2 aliphatic rings. The van der Waals surface area contributed by atoms with E-state index in [0.717, 1.165) is 62.0 Å². The number of benzene rings is 4. The van der Waals surface area contributed by atoms with Gasteiger partial charge >= 0.3 is 0 Å². The molecule has 3 aromatic heterocycles. The van der Waals surface area contributed by atoms with Crippen molar-refractivity contribution in [2.24, 2.45) is 0 Å². The topological polar surface area (TPSA) is 51.1 Å². The minimum Gasteiger partial charge on any atom is -0.457 e. The van der Waals surface area contributed by atoms with Crippen molar-refractivity contribution in [2.75, 3.05) is 4.90 Å². The van der Waals surface area contributed by atoms with Gasteiger partial charge in [-0.25, -0.2) is 4.98 Å². The number of pyridine rings is 3. The first-order chi connectivity index (χ1) is 24.3. The van der Waals surface area contributed by atoms with Gasteiger partial charge in [0, 0.05) is 63.6 Å². The number of hydrogen-bond acceptors (Lipinski definition) is 5. The Balaban J connectivity index is 1.16. The molecule has 4 aromatic carbocycles. The van der Waals surface area contributed by atoms with E-state index >= 15 is 0 Å². The van der Waals surface area contributed by atoms with Gasteiger partial charge in [0.25, 0.3) is 0 Å². The van der Waals surface area contributed by atoms with Gasteiger partial charge in [-0.2, -0.15) is 0 Å². The zero-order chi connectivity index (χ0) is 34.0. The van der Waals surface area contributed by atoms with Crippen molar-refractivity contribution in [3.63, 3.8) is 0 Å². The molecule has 5 heterocycles. The fraction of sp³-hybridized carbons (Fsp3) is 0.133. The molecule has 242 valence electrons. The number of para-hydroxylation sites is 2. The number of rotatable bonds is 4. The summed E-state index contributed by atoms with van der Waals surface area (Å²) < 4.78 is 6.66. The minimum atomic E-state index is -0.339. The molecule has 0 aliphatic carbocycles. The number of fused-ring (bicyclic) bond motifs is 4. The highest BCUT2D eigenvalue weighted by Gasteiger charge is 2.39. The average molecular weight is 649 g/mol. The first kappa shape index (κ1) is 30.0. The number of nitrogens with zero attached hydrogens (tertiary/aromatic N) is 4. The molecule has 9 rings (SSSR count). The second kappa shape index (κ2) is 11.2. The third-order valence-electron chi connectivity index (χ3n) is 10.5. The van der Waals surface area contributed by atoms with Crippen molar-refractivity contribution < 1.29 is 4.74 Å². The largest absolute Gasteiger partial charge is 0.457 e. The molecule has 0 saturated heterocycles. The molecule has 0 unspecified atom stereocenters. The predicted octanol–water partition coefficient (Wildman–Crippen LogP) is 11.4. The molecule has 0 bridgehead atoms. The van der Waals surface area contributed by atoms with Crippen LogP contribution in [0.5, 0.6) is 11.5 Å². The summed E-state index contributed by atoms with van der Waals surface area (Å²) in [6.07, 6.45) is 7.29. The smallest absolute Gasteiger partial charge is 0.131 e. The fourth-order valence-corrected chi connectivity index (χ4v) is 7.75. The number of anilines is 3. The summed E-state index contributed by atoms with van der Waals surface area (Å²) >= 11 is 0. The standard InChI is InChI=1S/C45H36N4O/c1-44(2)34-13-5-7-15-40(34)49(41-16-8-6-14-35(41)44)33-18-20-43-37(26-33)45(3,4)36-23-29(17-19-42(36)50-43)32-24-38(30-11-9-21-46-27-30)48-39(25-32)31-12-10-22-47-28-31/h5-28H,1-4H3. The Kier molecular flexibility index (Phi) is 6.75. The molecule has 5 nitrogen and oxygen atoms in total. The minimum absolute atomic E-state index is 0.115. The first-order valence-electron chi connectivity index (χ1n) is 17.1. The first-order valence-corrected chi connectivity index (χ1v) is 17.1. The van der Waals surface area contributed by atoms with Crippen LogP contribution in [0.1, 0.15) is 49.9 Å². The van der Waals surface area contributed by atoms with E-state index < -0.39 is 0 Å². The lowest BCUT2D eigenvalue weighted by molar-refractivity contribution is 0.418. The van der Waals surface area contributed by atoms with Crippen molar-refractivity contribution in [3.8, 4) is 45.1 Å². The van der Waals surface area contributed by atoms with Crippen molar-refractivity contribution in [1.82, 2.24) is 15.0 Å². The van der Waals surface area contributed by atoms with E-state index in [0.29, 0.717) is 0 Å². The summed E-state index contributed by atoms with van der Waals surface area (Å²) in [6, 6.07) is 43.0. The Morgan fingerprint density at radius 3 is 1.60 bits per heavy atom. The molecular formula is C45H36N4O. The van der Waals surface area contributed by atoms with Gasteiger partial charge in [-0.3, -0.25) is 9.97 Å². The predicted molar refractivity (Wildman–Crippen MR) is 202 cm³/mol. The Bertz CT molecular complexity index is 2310. The van der Waals surface area contributed by atoms with Crippen LogP contribution >= 0.6 is 0 Å². The summed E-state index contributed by atoms with van der Waals surface area (Å²) in [5, 5.41) is 0. The quantitative estimate of drug-likeness (QED) is 0.190. The lowest BCUT2D eigenvalue weighted by Crippen LogP contribution is -2.31. The highest BCUT2D eigenvalue weighted by molar-refractivity contribution is 5.87. The monoisotopic (exact) mass is 648 g/mol. The molecule has 0 spiro atoms. The number of ether oxygens (including phenoxy) is 1. The molecule has 2 aliphatic heterocycles. The fourth-order valence-electron chi connectivity index (χ4n) is 7.75. The summed E-state index contributed by atoms with van der Waals surface area (Å²) in [5.41, 5.74) is 13.8. The lowest BCUT2D eigenvalue weighted by atomic mass is 9.73. The van der Waals surface area contributed by atoms with Crippen molar-refractivity contribution in [2.45, 2.75) is 38.5 Å². The van der Waals surface area contributed by atoms with E-state index in [4.69, 9.17) is 9.72 Å². The third kappa shape index (κ3) is 4.72. The van der Waals surface area contributed by atoms with Gasteiger partial charge in [0.2, 0.25) is 0 Å². The zero-order valence-electron chi connectivity index (χ0n) is 28.6. The highest BCUT2D eigenvalue weighted by atomic mass is 16.5. The van der Waals surface area contributed by atoms with E-state index in [2.05, 4.69) is 140 Å². The molecule has 5 heteroatoms. The van der Waals surface area contributed by atoms with Crippen LogP contribution in [-0.2, 0) is 10.8 Å². The Labute approximate surface area is 292 Å². The molecule has 0 radical (unpaired) electrons. The molecule has 7 aromatic rings. The molecular weight excluding hydrogens is 613 g/mol. The zero-order valence-corrected chi connectivity index (χ0v) is 28.6. The SMILES string of the molecule is CC1(C)c2cc(-c3cc(-c4cccnc4)nc(-c4cccnc4)c3)ccc2Oc2ccc(N3c4ccccc4C(C)(C)c4ccccc43)cc21. The third-order valence-corrected chi connectivity index (χ3v) is 10.5. The number of aromatic nitrogens is 3. The Morgan fingerprint density at radius 1 is 0.480 bits per heavy atom. The van der Waals surface area contributed by atoms with Crippen LogP contribution in [0.15, 0.2) is 146 Å². The van der Waals surface area contributed by atoms with Gasteiger partial charge in [0.1, 0.15) is 11.5 Å². The van der Waals surface area contributed by atoms with Crippen molar-refractivity contribution >= 4 is 17.1 Å². The molecule has 0 fully saturated rings. The van der Waals surface area contributed by atoms with Crippen LogP contribution in [0.3, 0.4) is 0 Å². The molecule has 50 heavy (non-hydrogen) atoms. The van der Waals surface area contributed by atoms with Gasteiger partial charge in [-0.05, 0) is 101 Å². The average Bonchev–Trinajstić information content (AvgIpc) is 3.16. The maximum absolute atomic E-state index is 6.66. The van der Waals surface area contributed by atoms with Crippen LogP contribution in [0.2, 0.25) is 0 Å². The van der Waals surface area contributed by atoms with Crippen LogP contribution in [0, 0.1) is 0 Å². The van der Waals surface area contributed by atoms with Crippen LogP contribution in [0.25, 0.3) is 33.6 Å². The van der Waals surface area contributed by atoms with Gasteiger partial charge in [-0.1, -0.05) is 70.2 Å². The van der Waals surface area contributed by atoms with Crippen LogP contribution in [-0.4, -0.2) is 15.0 Å². The second-order valence-corrected chi connectivity index (χ2v) is 14.2. The maximum Gasteiger partial charge on any atom is 0.131 e. The normalized spacial score (nSPS) is 14.8. The van der Waals surface area contributed by atoms with Crippen LogP contribution < -0.4 is 9.64 Å². The van der Waals surface area contributed by atoms with Crippen LogP contribution in [0.4, 0.5) is 17.1 Å². The van der Waals surface area contributed by atoms with E-state index in [9.17, 15) is 0 Å². The summed E-state index contributed by atoms with van der Waals surface area (Å²) in [5.74, 6) is 1.77. The molecule has 0 amide bonds. The summed E-state index contributed by atoms with van der Waals surface area (Å²) in [7, 11) is 0. The van der Waals surface area contributed by atoms with E-state index in [-0.39, 0.29) is 10.8 Å². The molecule has 0 atom stereocenters. The maximum atomic E-state index is 6.66.